The van der Waals surface area contributed by atoms with Gasteiger partial charge >= 0.3 is 111 Å². The number of benzene rings is 1. The fourth-order valence-electron chi connectivity index (χ4n) is 1.59. The van der Waals surface area contributed by atoms with E-state index in [-0.39, 0.29) is 40.7 Å². The van der Waals surface area contributed by atoms with Gasteiger partial charge in [0.2, 0.25) is 0 Å². The SMILES string of the molecule is CC(OCC[As+](C)(C)C)c1ccccc1[N+](=O)[O-].[I-]. The molecule has 6 heteroatoms. The molecule has 0 N–H and O–H groups in total. The van der Waals surface area contributed by atoms with E-state index in [4.69, 9.17) is 4.74 Å². The Kier molecular flexibility index (Phi) is 8.16. The molecule has 0 saturated carbocycles. The first-order chi connectivity index (χ1) is 8.31. The Bertz CT molecular complexity index is 421. The third-order valence-corrected chi connectivity index (χ3v) is 5.90. The fourth-order valence-corrected chi connectivity index (χ4v) is 2.96. The van der Waals surface area contributed by atoms with Gasteiger partial charge in [-0.1, -0.05) is 0 Å². The van der Waals surface area contributed by atoms with Crippen molar-refractivity contribution >= 4 is 19.2 Å². The Hall–Kier alpha value is -0.132. The van der Waals surface area contributed by atoms with Crippen LogP contribution in [0.2, 0.25) is 22.3 Å². The Labute approximate surface area is 134 Å². The summed E-state index contributed by atoms with van der Waals surface area (Å²) in [6.07, 6.45) is -0.228. The van der Waals surface area contributed by atoms with Crippen molar-refractivity contribution in [2.75, 3.05) is 6.61 Å². The van der Waals surface area contributed by atoms with E-state index in [9.17, 15) is 10.1 Å². The summed E-state index contributed by atoms with van der Waals surface area (Å²) in [5.74, 6) is 0. The molecule has 0 bridgehead atoms. The van der Waals surface area contributed by atoms with Gasteiger partial charge in [0.15, 0.2) is 0 Å². The molecule has 19 heavy (non-hydrogen) atoms. The molecule has 0 radical (unpaired) electrons. The van der Waals surface area contributed by atoms with Gasteiger partial charge in [-0.3, -0.25) is 0 Å². The van der Waals surface area contributed by atoms with E-state index in [1.807, 2.05) is 13.0 Å². The molecular weight excluding hydrogens is 420 g/mol. The topological polar surface area (TPSA) is 52.4 Å². The molecule has 0 aliphatic rings. The second kappa shape index (κ2) is 8.22. The fraction of sp³-hybridized carbons (Fsp3) is 0.538. The van der Waals surface area contributed by atoms with Crippen LogP contribution in [0.15, 0.2) is 24.3 Å². The number of hydrogen-bond acceptors (Lipinski definition) is 3. The summed E-state index contributed by atoms with van der Waals surface area (Å²) in [5, 5.41) is 12.0. The number of nitrogens with zero attached hydrogens (tertiary/aromatic N) is 1. The average Bonchev–Trinajstić information content (AvgIpc) is 2.27. The van der Waals surface area contributed by atoms with Gasteiger partial charge in [-0.05, 0) is 0 Å². The monoisotopic (exact) mass is 441 g/mol. The van der Waals surface area contributed by atoms with Gasteiger partial charge in [0.1, 0.15) is 0 Å². The number of hydrogen-bond donors (Lipinski definition) is 0. The van der Waals surface area contributed by atoms with E-state index >= 15 is 0 Å². The molecule has 1 rings (SSSR count). The molecule has 1 aromatic rings. The zero-order valence-electron chi connectivity index (χ0n) is 11.8. The van der Waals surface area contributed by atoms with Crippen LogP contribution in [0.1, 0.15) is 18.6 Å². The summed E-state index contributed by atoms with van der Waals surface area (Å²) >= 11 is -1.44. The molecule has 0 aromatic heterocycles. The van der Waals surface area contributed by atoms with Gasteiger partial charge in [0.05, 0.1) is 0 Å². The van der Waals surface area contributed by atoms with E-state index in [0.29, 0.717) is 12.2 Å². The smallest absolute Gasteiger partial charge is 1.00 e. The van der Waals surface area contributed by atoms with Crippen LogP contribution in [-0.2, 0) is 4.74 Å². The van der Waals surface area contributed by atoms with Crippen LogP contribution >= 0.6 is 0 Å². The number of halogens is 1. The molecule has 1 atom stereocenters. The second-order valence-electron chi connectivity index (χ2n) is 5.34. The van der Waals surface area contributed by atoms with Gasteiger partial charge < -0.3 is 24.0 Å². The molecule has 0 saturated heterocycles. The van der Waals surface area contributed by atoms with E-state index in [0.717, 1.165) is 5.21 Å². The maximum Gasteiger partial charge on any atom is -1.00 e. The van der Waals surface area contributed by atoms with Crippen molar-refractivity contribution in [1.82, 2.24) is 0 Å². The van der Waals surface area contributed by atoms with Crippen molar-refractivity contribution in [3.8, 4) is 0 Å². The summed E-state index contributed by atoms with van der Waals surface area (Å²) in [5.41, 5.74) is 7.74. The number of para-hydroxylation sites is 1. The minimum absolute atomic E-state index is 0. The minimum Gasteiger partial charge on any atom is -1.00 e. The van der Waals surface area contributed by atoms with E-state index in [2.05, 4.69) is 17.1 Å². The van der Waals surface area contributed by atoms with Crippen molar-refractivity contribution in [1.29, 1.82) is 0 Å². The third kappa shape index (κ3) is 6.72. The summed E-state index contributed by atoms with van der Waals surface area (Å²) in [4.78, 5) is 10.6. The molecule has 1 aromatic carbocycles. The largest absolute Gasteiger partial charge is 1.00 e. The maximum absolute atomic E-state index is 10.9. The average molecular weight is 441 g/mol. The summed E-state index contributed by atoms with van der Waals surface area (Å²) in [7, 11) is 0. The van der Waals surface area contributed by atoms with E-state index in [1.54, 1.807) is 12.1 Å². The van der Waals surface area contributed by atoms with Crippen LogP contribution in [0.3, 0.4) is 0 Å². The Morgan fingerprint density at radius 1 is 1.32 bits per heavy atom. The van der Waals surface area contributed by atoms with Crippen LogP contribution in [-0.4, -0.2) is 25.1 Å². The number of nitro groups is 1. The molecule has 0 aliphatic heterocycles. The number of nitro benzene ring substituents is 1. The number of rotatable bonds is 6. The normalized spacial score (nSPS) is 12.6. The van der Waals surface area contributed by atoms with Crippen LogP contribution < -0.4 is 24.0 Å². The molecule has 0 spiro atoms. The Morgan fingerprint density at radius 3 is 2.42 bits per heavy atom. The van der Waals surface area contributed by atoms with Crippen LogP contribution in [0.4, 0.5) is 5.69 Å². The first-order valence-electron chi connectivity index (χ1n) is 5.96. The summed E-state index contributed by atoms with van der Waals surface area (Å²) < 4.78 is 5.73. The molecule has 4 nitrogen and oxygen atoms in total. The Balaban J connectivity index is 0.00000324. The molecule has 0 fully saturated rings. The standard InChI is InChI=1S/C13H21AsNO3.HI/c1-11(18-10-9-14(2,3)4)12-7-5-6-8-13(12)15(16)17;/h5-8,11H,9-10H2,1-4H3;1H/q+1;/p-1. The van der Waals surface area contributed by atoms with Crippen molar-refractivity contribution in [3.05, 3.63) is 39.9 Å². The molecule has 0 heterocycles. The molecule has 108 valence electrons. The van der Waals surface area contributed by atoms with Crippen LogP contribution in [0.25, 0.3) is 0 Å². The predicted octanol–water partition coefficient (Wildman–Crippen LogP) is 1.01. The van der Waals surface area contributed by atoms with Gasteiger partial charge in [0.25, 0.3) is 0 Å². The van der Waals surface area contributed by atoms with Crippen molar-refractivity contribution < 1.29 is 33.6 Å². The van der Waals surface area contributed by atoms with Crippen molar-refractivity contribution in [3.63, 3.8) is 0 Å². The number of ether oxygens (including phenoxy) is 1. The van der Waals surface area contributed by atoms with Gasteiger partial charge in [-0.15, -0.1) is 0 Å². The van der Waals surface area contributed by atoms with Crippen molar-refractivity contribution in [2.45, 2.75) is 35.4 Å². The van der Waals surface area contributed by atoms with Gasteiger partial charge in [-0.25, -0.2) is 0 Å². The first kappa shape index (κ1) is 18.9. The minimum atomic E-state index is -1.44. The predicted molar refractivity (Wildman–Crippen MR) is 75.6 cm³/mol. The zero-order valence-corrected chi connectivity index (χ0v) is 15.8. The summed E-state index contributed by atoms with van der Waals surface area (Å²) in [6.45, 7) is 2.56. The quantitative estimate of drug-likeness (QED) is 0.287. The molecular formula is C13H21AsINO3. The molecule has 0 amide bonds. The summed E-state index contributed by atoms with van der Waals surface area (Å²) in [6, 6.07) is 6.77. The van der Waals surface area contributed by atoms with Gasteiger partial charge in [0, 0.05) is 0 Å². The molecule has 1 unspecified atom stereocenters. The van der Waals surface area contributed by atoms with E-state index < -0.39 is 13.6 Å². The van der Waals surface area contributed by atoms with Crippen molar-refractivity contribution in [2.24, 2.45) is 0 Å². The third-order valence-electron chi connectivity index (χ3n) is 2.70. The maximum atomic E-state index is 10.9. The van der Waals surface area contributed by atoms with Crippen LogP contribution in [0.5, 0.6) is 0 Å². The first-order valence-corrected chi connectivity index (χ1v) is 12.9. The Morgan fingerprint density at radius 2 is 1.89 bits per heavy atom. The molecule has 0 aliphatic carbocycles. The zero-order chi connectivity index (χ0) is 13.8. The van der Waals surface area contributed by atoms with Crippen LogP contribution in [0, 0.1) is 10.1 Å². The van der Waals surface area contributed by atoms with E-state index in [1.165, 1.54) is 6.07 Å². The van der Waals surface area contributed by atoms with Gasteiger partial charge in [-0.2, -0.15) is 0 Å². The second-order valence-corrected chi connectivity index (χ2v) is 15.9.